The summed E-state index contributed by atoms with van der Waals surface area (Å²) in [4.78, 5) is 0. The van der Waals surface area contributed by atoms with Gasteiger partial charge in [0.1, 0.15) is 5.82 Å². The van der Waals surface area contributed by atoms with Crippen LogP contribution in [0.25, 0.3) is 22.3 Å². The average Bonchev–Trinajstić information content (AvgIpc) is 2.92. The van der Waals surface area contributed by atoms with E-state index in [-0.39, 0.29) is 23.6 Å². The second-order valence-electron chi connectivity index (χ2n) is 11.1. The van der Waals surface area contributed by atoms with Crippen molar-refractivity contribution in [2.45, 2.75) is 64.2 Å². The van der Waals surface area contributed by atoms with E-state index in [1.807, 2.05) is 6.07 Å². The Morgan fingerprint density at radius 2 is 1.27 bits per heavy atom. The molecule has 0 N–H and O–H groups in total. The molecule has 0 radical (unpaired) electrons. The normalized spacial score (nSPS) is 24.1. The van der Waals surface area contributed by atoms with Gasteiger partial charge in [0.2, 0.25) is 5.82 Å². The first-order chi connectivity index (χ1) is 17.9. The van der Waals surface area contributed by atoms with Gasteiger partial charge >= 0.3 is 0 Å². The molecular formula is C32H36BF3O. The van der Waals surface area contributed by atoms with Gasteiger partial charge < -0.3 is 4.74 Å². The van der Waals surface area contributed by atoms with E-state index >= 15 is 4.39 Å². The van der Waals surface area contributed by atoms with Crippen molar-refractivity contribution in [1.29, 1.82) is 0 Å². The minimum absolute atomic E-state index is 0.0976. The fourth-order valence-corrected chi connectivity index (χ4v) is 6.55. The van der Waals surface area contributed by atoms with Crippen LogP contribution in [0.15, 0.2) is 54.6 Å². The van der Waals surface area contributed by atoms with E-state index < -0.39 is 11.6 Å². The van der Waals surface area contributed by atoms with Gasteiger partial charge in [0.25, 0.3) is 0 Å². The molecule has 2 saturated carbocycles. The topological polar surface area (TPSA) is 9.23 Å². The molecule has 0 atom stereocenters. The van der Waals surface area contributed by atoms with Gasteiger partial charge in [-0.25, -0.2) is 8.78 Å². The van der Waals surface area contributed by atoms with Gasteiger partial charge in [0, 0.05) is 11.1 Å². The molecule has 0 heterocycles. The van der Waals surface area contributed by atoms with E-state index in [1.165, 1.54) is 50.7 Å². The first-order valence-electron chi connectivity index (χ1n) is 14.0. The standard InChI is InChI=1S/C32H36BF3O/c1-20-2-4-21(5-3-20)22-6-8-23(9-7-22)26-14-15-27(29(34)18-26)24-10-12-25(13-11-24)28-16-17-30(37-19-33)32(36)31(28)35/h10-18,20-23H,2-9,19,33H2,1H3. The van der Waals surface area contributed by atoms with Crippen LogP contribution in [0.4, 0.5) is 13.2 Å². The number of halogens is 3. The molecule has 5 rings (SSSR count). The van der Waals surface area contributed by atoms with Crippen molar-refractivity contribution in [2.24, 2.45) is 17.8 Å². The van der Waals surface area contributed by atoms with Crippen LogP contribution in [-0.2, 0) is 0 Å². The maximum Gasteiger partial charge on any atom is 0.201 e. The Morgan fingerprint density at radius 3 is 1.86 bits per heavy atom. The van der Waals surface area contributed by atoms with Crippen LogP contribution in [0.2, 0.25) is 0 Å². The van der Waals surface area contributed by atoms with Gasteiger partial charge in [-0.05, 0) is 97.1 Å². The first-order valence-corrected chi connectivity index (χ1v) is 14.0. The molecule has 0 saturated heterocycles. The number of ether oxygens (including phenoxy) is 1. The van der Waals surface area contributed by atoms with Crippen molar-refractivity contribution in [3.63, 3.8) is 0 Å². The molecule has 0 aromatic heterocycles. The van der Waals surface area contributed by atoms with Crippen molar-refractivity contribution in [1.82, 2.24) is 0 Å². The molecule has 5 heteroatoms. The molecule has 0 bridgehead atoms. The second kappa shape index (κ2) is 11.4. The predicted octanol–water partition coefficient (Wildman–Crippen LogP) is 8.51. The van der Waals surface area contributed by atoms with Gasteiger partial charge in [-0.15, -0.1) is 0 Å². The Labute approximate surface area is 219 Å². The molecule has 3 aromatic carbocycles. The van der Waals surface area contributed by atoms with Crippen LogP contribution in [0.3, 0.4) is 0 Å². The minimum Gasteiger partial charge on any atom is -0.500 e. The highest BCUT2D eigenvalue weighted by molar-refractivity contribution is 6.08. The lowest BCUT2D eigenvalue weighted by atomic mass is 9.68. The second-order valence-corrected chi connectivity index (χ2v) is 11.1. The molecule has 0 unspecified atom stereocenters. The Morgan fingerprint density at radius 1 is 0.703 bits per heavy atom. The zero-order valence-electron chi connectivity index (χ0n) is 21.9. The highest BCUT2D eigenvalue weighted by Gasteiger charge is 2.30. The lowest BCUT2D eigenvalue weighted by Gasteiger charge is -2.37. The molecule has 3 aromatic rings. The van der Waals surface area contributed by atoms with Crippen LogP contribution < -0.4 is 4.74 Å². The molecule has 0 amide bonds. The zero-order valence-corrected chi connectivity index (χ0v) is 21.9. The van der Waals surface area contributed by atoms with Crippen LogP contribution in [-0.4, -0.2) is 14.4 Å². The van der Waals surface area contributed by atoms with Crippen LogP contribution in [0.5, 0.6) is 5.75 Å². The van der Waals surface area contributed by atoms with Gasteiger partial charge in [0.15, 0.2) is 19.4 Å². The van der Waals surface area contributed by atoms with E-state index in [1.54, 1.807) is 38.2 Å². The van der Waals surface area contributed by atoms with Crippen molar-refractivity contribution >= 4 is 7.85 Å². The summed E-state index contributed by atoms with van der Waals surface area (Å²) in [6.07, 6.45) is 10.4. The number of rotatable bonds is 6. The average molecular weight is 504 g/mol. The van der Waals surface area contributed by atoms with Crippen molar-refractivity contribution in [3.8, 4) is 28.0 Å². The van der Waals surface area contributed by atoms with E-state index in [0.717, 1.165) is 41.7 Å². The molecule has 0 spiro atoms. The lowest BCUT2D eigenvalue weighted by molar-refractivity contribution is 0.165. The zero-order chi connectivity index (χ0) is 25.9. The fourth-order valence-electron chi connectivity index (χ4n) is 6.55. The minimum atomic E-state index is -0.993. The highest BCUT2D eigenvalue weighted by Crippen LogP contribution is 2.44. The monoisotopic (exact) mass is 504 g/mol. The SMILES string of the molecule is BCOc1ccc(-c2ccc(-c3ccc(C4CCC(C5CCC(C)CC5)CC4)cc3F)cc2)c(F)c1F. The third-order valence-corrected chi connectivity index (χ3v) is 8.82. The maximum absolute atomic E-state index is 15.2. The summed E-state index contributed by atoms with van der Waals surface area (Å²) < 4.78 is 49.3. The van der Waals surface area contributed by atoms with E-state index in [9.17, 15) is 8.78 Å². The summed E-state index contributed by atoms with van der Waals surface area (Å²) in [5.41, 5.74) is 3.03. The first kappa shape index (κ1) is 25.9. The largest absolute Gasteiger partial charge is 0.500 e. The van der Waals surface area contributed by atoms with Gasteiger partial charge in [-0.3, -0.25) is 0 Å². The number of hydrogen-bond donors (Lipinski definition) is 0. The van der Waals surface area contributed by atoms with Gasteiger partial charge in [0.05, 0.1) is 6.51 Å². The van der Waals surface area contributed by atoms with Crippen LogP contribution in [0.1, 0.15) is 69.8 Å². The smallest absolute Gasteiger partial charge is 0.201 e. The van der Waals surface area contributed by atoms with Crippen molar-refractivity contribution in [3.05, 3.63) is 77.6 Å². The maximum atomic E-state index is 15.2. The molecule has 2 aliphatic rings. The van der Waals surface area contributed by atoms with E-state index in [0.29, 0.717) is 17.0 Å². The van der Waals surface area contributed by atoms with Crippen LogP contribution in [0, 0.1) is 35.2 Å². The summed E-state index contributed by atoms with van der Waals surface area (Å²) in [5, 5.41) is 0. The summed E-state index contributed by atoms with van der Waals surface area (Å²) >= 11 is 0. The highest BCUT2D eigenvalue weighted by atomic mass is 19.2. The Kier molecular flexibility index (Phi) is 7.97. The number of hydrogen-bond acceptors (Lipinski definition) is 1. The summed E-state index contributed by atoms with van der Waals surface area (Å²) in [7, 11) is 1.72. The number of benzene rings is 3. The molecule has 2 aliphatic carbocycles. The van der Waals surface area contributed by atoms with Crippen molar-refractivity contribution < 1.29 is 17.9 Å². The summed E-state index contributed by atoms with van der Waals surface area (Å²) in [6, 6.07) is 15.5. The van der Waals surface area contributed by atoms with E-state index in [2.05, 4.69) is 13.0 Å². The van der Waals surface area contributed by atoms with Gasteiger partial charge in [-0.2, -0.15) is 4.39 Å². The molecule has 0 aliphatic heterocycles. The summed E-state index contributed by atoms with van der Waals surface area (Å²) in [5.74, 6) is 0.803. The molecule has 194 valence electrons. The fraction of sp³-hybridized carbons (Fsp3) is 0.438. The van der Waals surface area contributed by atoms with E-state index in [4.69, 9.17) is 4.74 Å². The quantitative estimate of drug-likeness (QED) is 0.306. The Hall–Kier alpha value is -2.69. The Bertz CT molecular complexity index is 1210. The third kappa shape index (κ3) is 5.61. The van der Waals surface area contributed by atoms with Crippen LogP contribution >= 0.6 is 0 Å². The molecule has 1 nitrogen and oxygen atoms in total. The summed E-state index contributed by atoms with van der Waals surface area (Å²) in [6.45, 7) is 2.64. The predicted molar refractivity (Wildman–Crippen MR) is 147 cm³/mol. The molecule has 2 fully saturated rings. The van der Waals surface area contributed by atoms with Gasteiger partial charge in [-0.1, -0.05) is 56.2 Å². The van der Waals surface area contributed by atoms with Crippen molar-refractivity contribution in [2.75, 3.05) is 6.51 Å². The molecule has 37 heavy (non-hydrogen) atoms. The third-order valence-electron chi connectivity index (χ3n) is 8.82. The Balaban J connectivity index is 1.26. The lowest BCUT2D eigenvalue weighted by Crippen LogP contribution is -2.24. The molecular weight excluding hydrogens is 468 g/mol.